The van der Waals surface area contributed by atoms with Crippen LogP contribution in [0.4, 0.5) is 28.4 Å². The number of hydrogen-bond acceptors (Lipinski definition) is 4. The molecule has 5 aromatic rings. The molecule has 4 aliphatic rings. The van der Waals surface area contributed by atoms with E-state index in [-0.39, 0.29) is 6.04 Å². The van der Waals surface area contributed by atoms with Crippen molar-refractivity contribution in [3.05, 3.63) is 187 Å². The summed E-state index contributed by atoms with van der Waals surface area (Å²) < 4.78 is 13.6. The molecule has 290 valence electrons. The van der Waals surface area contributed by atoms with Crippen molar-refractivity contribution in [3.8, 4) is 11.5 Å². The molecule has 1 atom stereocenters. The Balaban J connectivity index is 1.06. The molecule has 0 radical (unpaired) electrons. The Morgan fingerprint density at radius 2 is 1.00 bits per heavy atom. The predicted molar refractivity (Wildman–Crippen MR) is 251 cm³/mol. The number of nitrogens with zero attached hydrogens (tertiary/aromatic N) is 2. The summed E-state index contributed by atoms with van der Waals surface area (Å²) >= 11 is 0. The topological polar surface area (TPSA) is 24.9 Å². The van der Waals surface area contributed by atoms with E-state index in [4.69, 9.17) is 9.47 Å². The standard InChI is InChI=1S/C52H52N2O2Si2/c1-57(2,3)47-27-19-41(20-28-47)53(39-13-9-7-10-14-39)43-23-31-49-37-17-26-46-34-38(18-25-45(33-37)55-51(49)35-43)50-32-24-44(36-52(50)56-46)54(40-15-11-8-12-16-40)42-21-29-48(30-22-42)58(4,5)6/h7-15,17-32,35-36,40H,16,33-34H2,1-6H3. The van der Waals surface area contributed by atoms with Crippen LogP contribution in [0.2, 0.25) is 39.3 Å². The van der Waals surface area contributed by atoms with E-state index < -0.39 is 16.1 Å². The molecule has 2 heterocycles. The van der Waals surface area contributed by atoms with Crippen molar-refractivity contribution in [2.75, 3.05) is 9.80 Å². The molecule has 58 heavy (non-hydrogen) atoms. The second kappa shape index (κ2) is 15.2. The molecule has 9 rings (SSSR count). The van der Waals surface area contributed by atoms with Gasteiger partial charge in [0.05, 0.1) is 22.2 Å². The van der Waals surface area contributed by atoms with E-state index in [1.54, 1.807) is 0 Å². The molecule has 1 unspecified atom stereocenters. The molecule has 4 nitrogen and oxygen atoms in total. The lowest BCUT2D eigenvalue weighted by Gasteiger charge is -2.34. The Labute approximate surface area is 346 Å². The Hall–Kier alpha value is -5.83. The SMILES string of the molecule is C[Si](C)(C)c1ccc(N(c2ccccc2)c2ccc3c(c2)OC2=CC=C4CC(=CC=C3C2)Oc2cc(N(c3ccc([Si](C)(C)C)cc3)C3C=CC=CC3)ccc24)cc1. The van der Waals surface area contributed by atoms with Crippen LogP contribution in [0, 0.1) is 0 Å². The number of allylic oxidation sites excluding steroid dienone is 8. The van der Waals surface area contributed by atoms with Gasteiger partial charge in [-0.3, -0.25) is 0 Å². The van der Waals surface area contributed by atoms with E-state index in [2.05, 4.69) is 213 Å². The second-order valence-electron chi connectivity index (χ2n) is 17.8. The van der Waals surface area contributed by atoms with Crippen molar-refractivity contribution >= 4 is 66.1 Å². The molecule has 2 aliphatic heterocycles. The van der Waals surface area contributed by atoms with Crippen LogP contribution in [0.25, 0.3) is 11.1 Å². The Kier molecular flexibility index (Phi) is 9.86. The molecule has 4 bridgehead atoms. The van der Waals surface area contributed by atoms with Crippen LogP contribution in [-0.2, 0) is 0 Å². The van der Waals surface area contributed by atoms with E-state index in [9.17, 15) is 0 Å². The zero-order valence-corrected chi connectivity index (χ0v) is 36.5. The van der Waals surface area contributed by atoms with Crippen molar-refractivity contribution < 1.29 is 9.47 Å². The second-order valence-corrected chi connectivity index (χ2v) is 28.0. The quantitative estimate of drug-likeness (QED) is 0.146. The summed E-state index contributed by atoms with van der Waals surface area (Å²) in [6.07, 6.45) is 20.0. The predicted octanol–water partition coefficient (Wildman–Crippen LogP) is 13.1. The van der Waals surface area contributed by atoms with E-state index in [0.717, 1.165) is 63.3 Å². The largest absolute Gasteiger partial charge is 0.461 e. The van der Waals surface area contributed by atoms with Crippen molar-refractivity contribution in [3.63, 3.8) is 0 Å². The maximum Gasteiger partial charge on any atom is 0.136 e. The van der Waals surface area contributed by atoms with Gasteiger partial charge in [-0.15, -0.1) is 0 Å². The van der Waals surface area contributed by atoms with Crippen LogP contribution >= 0.6 is 0 Å². The van der Waals surface area contributed by atoms with Crippen molar-refractivity contribution in [1.82, 2.24) is 0 Å². The van der Waals surface area contributed by atoms with E-state index in [0.29, 0.717) is 12.8 Å². The molecule has 0 amide bonds. The first-order chi connectivity index (χ1) is 28.0. The normalized spacial score (nSPS) is 17.0. The van der Waals surface area contributed by atoms with E-state index in [1.165, 1.54) is 27.2 Å². The minimum absolute atomic E-state index is 0.210. The van der Waals surface area contributed by atoms with Gasteiger partial charge in [-0.1, -0.05) is 129 Å². The third kappa shape index (κ3) is 7.62. The summed E-state index contributed by atoms with van der Waals surface area (Å²) in [5, 5.41) is 2.91. The first-order valence-electron chi connectivity index (χ1n) is 20.6. The maximum atomic E-state index is 6.78. The molecule has 5 aromatic carbocycles. The average molecular weight is 793 g/mol. The van der Waals surface area contributed by atoms with Crippen LogP contribution < -0.4 is 29.6 Å². The maximum absolute atomic E-state index is 6.78. The third-order valence-corrected chi connectivity index (χ3v) is 15.7. The molecule has 0 aromatic heterocycles. The molecular weight excluding hydrogens is 741 g/mol. The Bertz CT molecular complexity index is 2550. The van der Waals surface area contributed by atoms with Crippen molar-refractivity contribution in [1.29, 1.82) is 0 Å². The summed E-state index contributed by atoms with van der Waals surface area (Å²) in [6.45, 7) is 14.4. The smallest absolute Gasteiger partial charge is 0.136 e. The molecule has 0 fully saturated rings. The van der Waals surface area contributed by atoms with Crippen molar-refractivity contribution in [2.24, 2.45) is 0 Å². The van der Waals surface area contributed by atoms with Gasteiger partial charge >= 0.3 is 0 Å². The monoisotopic (exact) mass is 792 g/mol. The van der Waals surface area contributed by atoms with Crippen molar-refractivity contribution in [2.45, 2.75) is 64.6 Å². The molecule has 0 spiro atoms. The number of anilines is 5. The lowest BCUT2D eigenvalue weighted by molar-refractivity contribution is 0.403. The van der Waals surface area contributed by atoms with Gasteiger partial charge in [0.15, 0.2) is 0 Å². The minimum Gasteiger partial charge on any atom is -0.461 e. The lowest BCUT2D eigenvalue weighted by Crippen LogP contribution is -2.37. The number of rotatable bonds is 8. The van der Waals surface area contributed by atoms with Gasteiger partial charge in [-0.05, 0) is 90.4 Å². The first kappa shape index (κ1) is 37.7. The van der Waals surface area contributed by atoms with Crippen LogP contribution in [-0.4, -0.2) is 22.2 Å². The number of hydrogen-bond donors (Lipinski definition) is 0. The summed E-state index contributed by atoms with van der Waals surface area (Å²) in [6, 6.07) is 42.5. The summed E-state index contributed by atoms with van der Waals surface area (Å²) in [7, 11) is -2.86. The molecule has 0 saturated carbocycles. The molecule has 0 saturated heterocycles. The van der Waals surface area contributed by atoms with Crippen LogP contribution in [0.5, 0.6) is 11.5 Å². The van der Waals surface area contributed by atoms with Crippen LogP contribution in [0.3, 0.4) is 0 Å². The highest BCUT2D eigenvalue weighted by Gasteiger charge is 2.27. The fourth-order valence-electron chi connectivity index (χ4n) is 8.35. The van der Waals surface area contributed by atoms with Gasteiger partial charge in [0.25, 0.3) is 0 Å². The third-order valence-electron chi connectivity index (χ3n) is 11.6. The molecule has 2 aliphatic carbocycles. The number of fused-ring (bicyclic) bond motifs is 8. The van der Waals surface area contributed by atoms with Gasteiger partial charge in [0, 0.05) is 64.5 Å². The summed E-state index contributed by atoms with van der Waals surface area (Å²) in [5.74, 6) is 3.61. The Morgan fingerprint density at radius 3 is 1.53 bits per heavy atom. The number of para-hydroxylation sites is 1. The zero-order valence-electron chi connectivity index (χ0n) is 34.5. The average Bonchev–Trinajstić information content (AvgIpc) is 3.22. The Morgan fingerprint density at radius 1 is 0.500 bits per heavy atom. The van der Waals surface area contributed by atoms with Gasteiger partial charge in [0.1, 0.15) is 23.0 Å². The van der Waals surface area contributed by atoms with Gasteiger partial charge in [-0.25, -0.2) is 0 Å². The highest BCUT2D eigenvalue weighted by molar-refractivity contribution is 6.89. The molecule has 6 heteroatoms. The van der Waals surface area contributed by atoms with Gasteiger partial charge in [-0.2, -0.15) is 0 Å². The lowest BCUT2D eigenvalue weighted by atomic mass is 9.93. The minimum atomic E-state index is -1.43. The van der Waals surface area contributed by atoms with Gasteiger partial charge in [0.2, 0.25) is 0 Å². The summed E-state index contributed by atoms with van der Waals surface area (Å²) in [4.78, 5) is 4.78. The fourth-order valence-corrected chi connectivity index (χ4v) is 10.7. The molecule has 0 N–H and O–H groups in total. The summed E-state index contributed by atoms with van der Waals surface area (Å²) in [5.41, 5.74) is 10.3. The molecular formula is C52H52N2O2Si2. The number of ether oxygens (including phenoxy) is 2. The van der Waals surface area contributed by atoms with E-state index in [1.807, 2.05) is 0 Å². The fraction of sp³-hybridized carbons (Fsp3) is 0.192. The highest BCUT2D eigenvalue weighted by Crippen LogP contribution is 2.46. The van der Waals surface area contributed by atoms with E-state index >= 15 is 0 Å². The first-order valence-corrected chi connectivity index (χ1v) is 27.6. The van der Waals surface area contributed by atoms with Crippen LogP contribution in [0.1, 0.15) is 30.4 Å². The van der Waals surface area contributed by atoms with Gasteiger partial charge < -0.3 is 19.3 Å². The highest BCUT2D eigenvalue weighted by atomic mass is 28.3. The number of benzene rings is 5. The van der Waals surface area contributed by atoms with Crippen LogP contribution in [0.15, 0.2) is 175 Å². The zero-order chi connectivity index (χ0) is 40.0.